The molecule has 1 aliphatic carbocycles. The molecule has 0 unspecified atom stereocenters. The third-order valence-electron chi connectivity index (χ3n) is 12.5. The summed E-state index contributed by atoms with van der Waals surface area (Å²) in [4.78, 5) is 2.44. The number of rotatable bonds is 6. The van der Waals surface area contributed by atoms with Crippen molar-refractivity contribution in [1.29, 1.82) is 0 Å². The van der Waals surface area contributed by atoms with E-state index in [4.69, 9.17) is 0 Å². The summed E-state index contributed by atoms with van der Waals surface area (Å²) >= 11 is 0. The van der Waals surface area contributed by atoms with Crippen LogP contribution in [0.5, 0.6) is 0 Å². The molecule has 0 bridgehead atoms. The molecule has 0 heterocycles. The fourth-order valence-corrected chi connectivity index (χ4v) is 9.49. The van der Waals surface area contributed by atoms with Gasteiger partial charge in [-0.15, -0.1) is 0 Å². The summed E-state index contributed by atoms with van der Waals surface area (Å²) in [6.07, 6.45) is 0. The first-order chi connectivity index (χ1) is 28.5. The minimum absolute atomic E-state index is 0.0413. The first kappa shape index (κ1) is 34.1. The van der Waals surface area contributed by atoms with Crippen LogP contribution in [0.1, 0.15) is 25.0 Å². The van der Waals surface area contributed by atoms with Gasteiger partial charge in [-0.2, -0.15) is 0 Å². The van der Waals surface area contributed by atoms with Crippen LogP contribution in [0.2, 0.25) is 0 Å². The second-order valence-corrected chi connectivity index (χ2v) is 16.1. The molecule has 1 nitrogen and oxygen atoms in total. The lowest BCUT2D eigenvalue weighted by Gasteiger charge is -2.28. The van der Waals surface area contributed by atoms with Gasteiger partial charge in [-0.25, -0.2) is 0 Å². The minimum atomic E-state index is -0.0413. The normalized spacial score (nSPS) is 12.8. The maximum absolute atomic E-state index is 2.44. The Morgan fingerprint density at radius 1 is 0.310 bits per heavy atom. The van der Waals surface area contributed by atoms with Crippen molar-refractivity contribution in [2.24, 2.45) is 0 Å². The molecule has 0 N–H and O–H groups in total. The lowest BCUT2D eigenvalue weighted by atomic mass is 9.82. The molecule has 1 aliphatic rings. The Bertz CT molecular complexity index is 3190. The van der Waals surface area contributed by atoms with Gasteiger partial charge >= 0.3 is 0 Å². The molecule has 11 rings (SSSR count). The average molecular weight is 740 g/mol. The highest BCUT2D eigenvalue weighted by Crippen LogP contribution is 2.51. The van der Waals surface area contributed by atoms with Gasteiger partial charge in [0.1, 0.15) is 0 Å². The largest absolute Gasteiger partial charge is 0.310 e. The molecular weight excluding hydrogens is 699 g/mol. The summed E-state index contributed by atoms with van der Waals surface area (Å²) in [6.45, 7) is 4.69. The van der Waals surface area contributed by atoms with Gasteiger partial charge in [0.15, 0.2) is 0 Å². The minimum Gasteiger partial charge on any atom is -0.310 e. The van der Waals surface area contributed by atoms with Crippen LogP contribution in [0.15, 0.2) is 212 Å². The molecule has 0 aromatic heterocycles. The Balaban J connectivity index is 1.06. The number of nitrogens with zero attached hydrogens (tertiary/aromatic N) is 1. The molecule has 0 saturated carbocycles. The summed E-state index contributed by atoms with van der Waals surface area (Å²) in [5.74, 6) is 0. The SMILES string of the molecule is CC1(C)c2ccccc2-c2cc(-c3ccccc3N(c3ccc(-c4cccc5c4ccc4ccccc45)cc3)c3ccc4cc(-c5ccccc5)ccc4c3)ccc21. The Morgan fingerprint density at radius 2 is 0.931 bits per heavy atom. The maximum Gasteiger partial charge on any atom is 0.0540 e. The lowest BCUT2D eigenvalue weighted by Crippen LogP contribution is -2.14. The van der Waals surface area contributed by atoms with Crippen LogP contribution >= 0.6 is 0 Å². The number of anilines is 3. The highest BCUT2D eigenvalue weighted by Gasteiger charge is 2.35. The van der Waals surface area contributed by atoms with E-state index in [1.807, 2.05) is 0 Å². The Morgan fingerprint density at radius 3 is 1.81 bits per heavy atom. The molecule has 10 aromatic carbocycles. The molecule has 0 aliphatic heterocycles. The predicted molar refractivity (Wildman–Crippen MR) is 248 cm³/mol. The number of benzene rings is 10. The van der Waals surface area contributed by atoms with Crippen LogP contribution in [0.25, 0.3) is 76.8 Å². The second kappa shape index (κ2) is 13.5. The molecule has 0 spiro atoms. The van der Waals surface area contributed by atoms with Crippen LogP contribution in [0.4, 0.5) is 17.1 Å². The topological polar surface area (TPSA) is 3.24 Å². The molecular formula is C57H41N. The van der Waals surface area contributed by atoms with E-state index in [2.05, 4.69) is 231 Å². The number of para-hydroxylation sites is 1. The van der Waals surface area contributed by atoms with Gasteiger partial charge in [0.25, 0.3) is 0 Å². The van der Waals surface area contributed by atoms with Gasteiger partial charge in [0, 0.05) is 22.4 Å². The highest BCUT2D eigenvalue weighted by molar-refractivity contribution is 6.12. The molecule has 1 heteroatoms. The summed E-state index contributed by atoms with van der Waals surface area (Å²) in [6, 6.07) is 78.2. The van der Waals surface area contributed by atoms with Crippen molar-refractivity contribution < 1.29 is 0 Å². The van der Waals surface area contributed by atoms with Crippen LogP contribution in [0, 0.1) is 0 Å². The van der Waals surface area contributed by atoms with Crippen molar-refractivity contribution in [3.63, 3.8) is 0 Å². The van der Waals surface area contributed by atoms with Crippen LogP contribution in [-0.4, -0.2) is 0 Å². The van der Waals surface area contributed by atoms with Crippen molar-refractivity contribution in [2.45, 2.75) is 19.3 Å². The number of fused-ring (bicyclic) bond motifs is 7. The summed E-state index contributed by atoms with van der Waals surface area (Å²) in [7, 11) is 0. The van der Waals surface area contributed by atoms with E-state index in [0.717, 1.165) is 17.1 Å². The Hall–Kier alpha value is -7.22. The summed E-state index contributed by atoms with van der Waals surface area (Å²) in [5.41, 5.74) is 16.0. The van der Waals surface area contributed by atoms with Gasteiger partial charge in [-0.05, 0) is 125 Å². The Kier molecular flexibility index (Phi) is 7.91. The molecule has 0 radical (unpaired) electrons. The van der Waals surface area contributed by atoms with Crippen molar-refractivity contribution in [2.75, 3.05) is 4.90 Å². The fraction of sp³-hybridized carbons (Fsp3) is 0.0526. The first-order valence-corrected chi connectivity index (χ1v) is 20.3. The van der Waals surface area contributed by atoms with Gasteiger partial charge < -0.3 is 4.90 Å². The molecule has 10 aromatic rings. The zero-order valence-electron chi connectivity index (χ0n) is 32.7. The standard InChI is InChI=1S/C57H41N/c1-57(2)54-21-10-8-18-52(54)53-37-44(29-34-55(53)57)49-17-9-11-22-56(49)58(46-32-27-42-35-41(23-24-43(42)36-46)38-13-4-3-5-14-38)45-30-25-40(26-31-45)48-19-12-20-50-47-16-7-6-15-39(47)28-33-51(48)50/h3-37H,1-2H3. The van der Waals surface area contributed by atoms with E-state index in [1.54, 1.807) is 0 Å². The van der Waals surface area contributed by atoms with E-state index >= 15 is 0 Å². The quantitative estimate of drug-likeness (QED) is 0.154. The van der Waals surface area contributed by atoms with Crippen molar-refractivity contribution in [1.82, 2.24) is 0 Å². The summed E-state index contributed by atoms with van der Waals surface area (Å²) in [5, 5.41) is 7.52. The zero-order chi connectivity index (χ0) is 38.8. The van der Waals surface area contributed by atoms with Crippen LogP contribution < -0.4 is 4.90 Å². The third kappa shape index (κ3) is 5.54. The van der Waals surface area contributed by atoms with Gasteiger partial charge in [0.05, 0.1) is 5.69 Å². The molecule has 274 valence electrons. The van der Waals surface area contributed by atoms with Gasteiger partial charge in [-0.3, -0.25) is 0 Å². The van der Waals surface area contributed by atoms with E-state index in [9.17, 15) is 0 Å². The first-order valence-electron chi connectivity index (χ1n) is 20.3. The molecule has 0 amide bonds. The number of hydrogen-bond acceptors (Lipinski definition) is 1. The molecule has 58 heavy (non-hydrogen) atoms. The molecule has 0 saturated heterocycles. The predicted octanol–water partition coefficient (Wildman–Crippen LogP) is 15.9. The van der Waals surface area contributed by atoms with Crippen LogP contribution in [-0.2, 0) is 5.41 Å². The zero-order valence-corrected chi connectivity index (χ0v) is 32.7. The highest BCUT2D eigenvalue weighted by atomic mass is 15.1. The van der Waals surface area contributed by atoms with Gasteiger partial charge in [-0.1, -0.05) is 184 Å². The molecule has 0 atom stereocenters. The van der Waals surface area contributed by atoms with Crippen molar-refractivity contribution in [3.05, 3.63) is 223 Å². The average Bonchev–Trinajstić information content (AvgIpc) is 3.52. The third-order valence-corrected chi connectivity index (χ3v) is 12.5. The van der Waals surface area contributed by atoms with E-state index in [-0.39, 0.29) is 5.41 Å². The Labute approximate surface area is 340 Å². The lowest BCUT2D eigenvalue weighted by molar-refractivity contribution is 0.660. The smallest absolute Gasteiger partial charge is 0.0540 e. The van der Waals surface area contributed by atoms with E-state index in [0.29, 0.717) is 0 Å². The van der Waals surface area contributed by atoms with Crippen LogP contribution in [0.3, 0.4) is 0 Å². The number of hydrogen-bond donors (Lipinski definition) is 0. The fourth-order valence-electron chi connectivity index (χ4n) is 9.49. The van der Waals surface area contributed by atoms with E-state index in [1.165, 1.54) is 88.0 Å². The van der Waals surface area contributed by atoms with E-state index < -0.39 is 0 Å². The second-order valence-electron chi connectivity index (χ2n) is 16.1. The molecule has 0 fully saturated rings. The van der Waals surface area contributed by atoms with Crippen molar-refractivity contribution >= 4 is 49.4 Å². The maximum atomic E-state index is 2.44. The monoisotopic (exact) mass is 739 g/mol. The van der Waals surface area contributed by atoms with Crippen molar-refractivity contribution in [3.8, 4) is 44.5 Å². The summed E-state index contributed by atoms with van der Waals surface area (Å²) < 4.78 is 0. The van der Waals surface area contributed by atoms with Gasteiger partial charge in [0.2, 0.25) is 0 Å².